The Morgan fingerprint density at radius 2 is 0.844 bits per heavy atom. The first-order chi connectivity index (χ1) is 15.5. The Balaban J connectivity index is 1.56. The van der Waals surface area contributed by atoms with E-state index >= 15 is 0 Å². The second-order valence-electron chi connectivity index (χ2n) is 8.67. The predicted octanol–water partition coefficient (Wildman–Crippen LogP) is 6.94. The highest BCUT2D eigenvalue weighted by atomic mass is 14.5. The molecule has 0 aromatic heterocycles. The zero-order valence-corrected chi connectivity index (χ0v) is 19.0. The van der Waals surface area contributed by atoms with Crippen molar-refractivity contribution in [3.8, 4) is 0 Å². The van der Waals surface area contributed by atoms with Crippen LogP contribution in [0.1, 0.15) is 59.1 Å². The molecule has 4 aromatic carbocycles. The summed E-state index contributed by atoms with van der Waals surface area (Å²) in [5.41, 5.74) is 21.6. The number of rotatable bonds is 7. The second-order valence-corrected chi connectivity index (χ2v) is 8.67. The van der Waals surface area contributed by atoms with Gasteiger partial charge in [0.2, 0.25) is 0 Å². The first-order valence-electron chi connectivity index (χ1n) is 11.4. The zero-order chi connectivity index (χ0) is 22.5. The number of hydrogen-bond donors (Lipinski definition) is 2. The fourth-order valence-electron chi connectivity index (χ4n) is 4.57. The van der Waals surface area contributed by atoms with E-state index < -0.39 is 0 Å². The van der Waals surface area contributed by atoms with Crippen molar-refractivity contribution in [1.29, 1.82) is 0 Å². The molecule has 0 saturated carbocycles. The molecule has 0 amide bonds. The molecule has 0 aliphatic carbocycles. The average Bonchev–Trinajstić information content (AvgIpc) is 2.83. The number of anilines is 2. The molecule has 4 rings (SSSR count). The molecule has 2 unspecified atom stereocenters. The predicted molar refractivity (Wildman–Crippen MR) is 137 cm³/mol. The smallest absolute Gasteiger partial charge is 0.0314 e. The third-order valence-electron chi connectivity index (χ3n) is 6.58. The normalized spacial score (nSPS) is 12.9. The van der Waals surface area contributed by atoms with E-state index in [1.54, 1.807) is 0 Å². The van der Waals surface area contributed by atoms with Crippen LogP contribution in [0, 0.1) is 0 Å². The zero-order valence-electron chi connectivity index (χ0n) is 19.0. The van der Waals surface area contributed by atoms with Crippen LogP contribution in [0.2, 0.25) is 0 Å². The Hall–Kier alpha value is -3.52. The molecular weight excluding hydrogens is 388 g/mol. The van der Waals surface area contributed by atoms with Crippen LogP contribution in [0.25, 0.3) is 0 Å². The first-order valence-corrected chi connectivity index (χ1v) is 11.4. The van der Waals surface area contributed by atoms with E-state index in [0.717, 1.165) is 24.2 Å². The molecule has 0 saturated heterocycles. The summed E-state index contributed by atoms with van der Waals surface area (Å²) >= 11 is 0. The lowest BCUT2D eigenvalue weighted by atomic mass is 9.85. The minimum absolute atomic E-state index is 0.329. The maximum atomic E-state index is 5.89. The topological polar surface area (TPSA) is 52.0 Å². The Morgan fingerprint density at radius 1 is 0.500 bits per heavy atom. The van der Waals surface area contributed by atoms with Gasteiger partial charge < -0.3 is 11.5 Å². The van der Waals surface area contributed by atoms with Gasteiger partial charge in [0.05, 0.1) is 0 Å². The summed E-state index contributed by atoms with van der Waals surface area (Å²) in [4.78, 5) is 0. The van der Waals surface area contributed by atoms with Gasteiger partial charge in [0, 0.05) is 23.2 Å². The SMILES string of the molecule is CC(c1ccc(N)cc1)c1ccccc1CCc1ccccc1C(C)c1ccc(N)cc1. The molecule has 2 atom stereocenters. The monoisotopic (exact) mass is 420 g/mol. The fraction of sp³-hybridized carbons (Fsp3) is 0.200. The van der Waals surface area contributed by atoms with Gasteiger partial charge in [0.25, 0.3) is 0 Å². The van der Waals surface area contributed by atoms with Crippen molar-refractivity contribution in [2.45, 2.75) is 38.5 Å². The van der Waals surface area contributed by atoms with E-state index in [1.165, 1.54) is 33.4 Å². The summed E-state index contributed by atoms with van der Waals surface area (Å²) in [6.45, 7) is 4.56. The third-order valence-corrected chi connectivity index (χ3v) is 6.58. The maximum Gasteiger partial charge on any atom is 0.0314 e. The van der Waals surface area contributed by atoms with Gasteiger partial charge in [0.1, 0.15) is 0 Å². The van der Waals surface area contributed by atoms with Gasteiger partial charge in [-0.05, 0) is 70.5 Å². The molecule has 2 nitrogen and oxygen atoms in total. The number of benzene rings is 4. The van der Waals surface area contributed by atoms with Crippen LogP contribution in [0.5, 0.6) is 0 Å². The van der Waals surface area contributed by atoms with Crippen molar-refractivity contribution in [3.05, 3.63) is 130 Å². The first kappa shape index (κ1) is 21.7. The summed E-state index contributed by atoms with van der Waals surface area (Å²) in [6, 6.07) is 34.2. The summed E-state index contributed by atoms with van der Waals surface area (Å²) in [5, 5.41) is 0. The molecule has 32 heavy (non-hydrogen) atoms. The number of nitrogen functional groups attached to an aromatic ring is 2. The van der Waals surface area contributed by atoms with Crippen molar-refractivity contribution in [1.82, 2.24) is 0 Å². The third kappa shape index (κ3) is 4.86. The lowest BCUT2D eigenvalue weighted by Gasteiger charge is -2.20. The van der Waals surface area contributed by atoms with Gasteiger partial charge >= 0.3 is 0 Å². The van der Waals surface area contributed by atoms with Crippen molar-refractivity contribution in [2.24, 2.45) is 0 Å². The van der Waals surface area contributed by atoms with E-state index in [4.69, 9.17) is 11.5 Å². The minimum atomic E-state index is 0.329. The van der Waals surface area contributed by atoms with Gasteiger partial charge in [-0.2, -0.15) is 0 Å². The molecule has 0 spiro atoms. The molecule has 0 fully saturated rings. The summed E-state index contributed by atoms with van der Waals surface area (Å²) in [5.74, 6) is 0.659. The minimum Gasteiger partial charge on any atom is -0.399 e. The molecule has 0 radical (unpaired) electrons. The molecule has 4 aromatic rings. The Bertz CT molecular complexity index is 1070. The van der Waals surface area contributed by atoms with Crippen molar-refractivity contribution >= 4 is 11.4 Å². The van der Waals surface area contributed by atoms with Crippen LogP contribution in [-0.2, 0) is 12.8 Å². The van der Waals surface area contributed by atoms with E-state index in [-0.39, 0.29) is 0 Å². The summed E-state index contributed by atoms with van der Waals surface area (Å²) < 4.78 is 0. The van der Waals surface area contributed by atoms with Gasteiger partial charge in [-0.3, -0.25) is 0 Å². The second kappa shape index (κ2) is 9.74. The summed E-state index contributed by atoms with van der Waals surface area (Å²) in [6.07, 6.45) is 2.03. The average molecular weight is 421 g/mol. The lowest BCUT2D eigenvalue weighted by Crippen LogP contribution is -2.05. The van der Waals surface area contributed by atoms with E-state index in [1.807, 2.05) is 24.3 Å². The standard InChI is InChI=1S/C30H32N2/c1-21(23-13-17-27(31)18-14-23)29-9-5-3-7-25(29)11-12-26-8-4-6-10-30(26)22(2)24-15-19-28(32)20-16-24/h3-10,13-22H,11-12,31-32H2,1-2H3. The van der Waals surface area contributed by atoms with Crippen LogP contribution in [0.3, 0.4) is 0 Å². The van der Waals surface area contributed by atoms with Crippen LogP contribution in [-0.4, -0.2) is 0 Å². The van der Waals surface area contributed by atoms with E-state index in [9.17, 15) is 0 Å². The number of aryl methyl sites for hydroxylation is 2. The number of nitrogens with two attached hydrogens (primary N) is 2. The van der Waals surface area contributed by atoms with Gasteiger partial charge in [-0.1, -0.05) is 86.6 Å². The van der Waals surface area contributed by atoms with Crippen molar-refractivity contribution in [2.75, 3.05) is 11.5 Å². The molecule has 0 aliphatic rings. The Kier molecular flexibility index (Phi) is 6.61. The molecule has 0 bridgehead atoms. The van der Waals surface area contributed by atoms with Crippen LogP contribution in [0.15, 0.2) is 97.1 Å². The molecule has 0 aliphatic heterocycles. The van der Waals surface area contributed by atoms with Crippen LogP contribution in [0.4, 0.5) is 11.4 Å². The molecule has 0 heterocycles. The highest BCUT2D eigenvalue weighted by Crippen LogP contribution is 2.31. The Labute approximate surface area is 191 Å². The molecule has 4 N–H and O–H groups in total. The van der Waals surface area contributed by atoms with Gasteiger partial charge in [-0.25, -0.2) is 0 Å². The van der Waals surface area contributed by atoms with E-state index in [2.05, 4.69) is 86.6 Å². The lowest BCUT2D eigenvalue weighted by molar-refractivity contribution is 0.842. The molecule has 2 heteroatoms. The van der Waals surface area contributed by atoms with Gasteiger partial charge in [-0.15, -0.1) is 0 Å². The van der Waals surface area contributed by atoms with Gasteiger partial charge in [0.15, 0.2) is 0 Å². The maximum absolute atomic E-state index is 5.89. The highest BCUT2D eigenvalue weighted by Gasteiger charge is 2.15. The van der Waals surface area contributed by atoms with E-state index in [0.29, 0.717) is 11.8 Å². The largest absolute Gasteiger partial charge is 0.399 e. The fourth-order valence-corrected chi connectivity index (χ4v) is 4.57. The van der Waals surface area contributed by atoms with Crippen LogP contribution < -0.4 is 11.5 Å². The number of hydrogen-bond acceptors (Lipinski definition) is 2. The molecule has 162 valence electrons. The highest BCUT2D eigenvalue weighted by molar-refractivity contribution is 5.46. The van der Waals surface area contributed by atoms with Crippen molar-refractivity contribution in [3.63, 3.8) is 0 Å². The Morgan fingerprint density at radius 3 is 1.22 bits per heavy atom. The van der Waals surface area contributed by atoms with Crippen molar-refractivity contribution < 1.29 is 0 Å². The molecular formula is C30H32N2. The van der Waals surface area contributed by atoms with Crippen LogP contribution >= 0.6 is 0 Å². The summed E-state index contributed by atoms with van der Waals surface area (Å²) in [7, 11) is 0. The quantitative estimate of drug-likeness (QED) is 0.318.